The Morgan fingerprint density at radius 3 is 2.08 bits per heavy atom. The molecule has 3 aromatic carbocycles. The third-order valence-corrected chi connectivity index (χ3v) is 6.51. The van der Waals surface area contributed by atoms with Gasteiger partial charge in [0.25, 0.3) is 0 Å². The van der Waals surface area contributed by atoms with Crippen LogP contribution in [0.4, 0.5) is 0 Å². The fraction of sp³-hybridized carbons (Fsp3) is 0.250. The maximum Gasteiger partial charge on any atom is 0.209 e. The Bertz CT molecular complexity index is 1580. The molecule has 0 radical (unpaired) electrons. The normalized spacial score (nSPS) is 16.1. The van der Waals surface area contributed by atoms with Crippen LogP contribution in [0.1, 0.15) is 11.7 Å². The molecule has 3 N–H and O–H groups in total. The van der Waals surface area contributed by atoms with Crippen LogP contribution in [0.5, 0.6) is 46.0 Å². The number of ether oxygens (including phenoxy) is 6. The van der Waals surface area contributed by atoms with Crippen molar-refractivity contribution in [3.8, 4) is 57.1 Å². The van der Waals surface area contributed by atoms with Gasteiger partial charge in [0.1, 0.15) is 6.26 Å². The lowest BCUT2D eigenvalue weighted by atomic mass is 10.0. The van der Waals surface area contributed by atoms with Crippen molar-refractivity contribution in [3.05, 3.63) is 58.4 Å². The SMILES string of the molecule is COc1ccc(-c2coc3c4c(c(OC)cc3c2=O)O[C@H](c2cc(OC)c(O)c(OC)c2)[C@@H](CO)O4)cc1O. The first kappa shape index (κ1) is 25.9. The van der Waals surface area contributed by atoms with Crippen molar-refractivity contribution in [2.24, 2.45) is 0 Å². The Balaban J connectivity index is 1.64. The predicted octanol–water partition coefficient (Wildman–Crippen LogP) is 3.78. The van der Waals surface area contributed by atoms with Crippen LogP contribution in [0, 0.1) is 0 Å². The molecule has 0 aliphatic carbocycles. The third kappa shape index (κ3) is 4.26. The number of aliphatic hydroxyl groups excluding tert-OH is 1. The van der Waals surface area contributed by atoms with Crippen LogP contribution in [-0.4, -0.2) is 56.5 Å². The van der Waals surface area contributed by atoms with Gasteiger partial charge < -0.3 is 48.2 Å². The van der Waals surface area contributed by atoms with E-state index in [-0.39, 0.29) is 62.5 Å². The zero-order valence-corrected chi connectivity index (χ0v) is 21.5. The number of benzene rings is 3. The number of hydrogen-bond donors (Lipinski definition) is 3. The molecule has 11 heteroatoms. The minimum atomic E-state index is -0.935. The second-order valence-corrected chi connectivity index (χ2v) is 8.63. The van der Waals surface area contributed by atoms with Gasteiger partial charge in [-0.25, -0.2) is 0 Å². The average molecular weight is 539 g/mol. The van der Waals surface area contributed by atoms with Crippen LogP contribution in [0.3, 0.4) is 0 Å². The van der Waals surface area contributed by atoms with Gasteiger partial charge in [0, 0.05) is 5.56 Å². The molecule has 1 aliphatic rings. The topological polar surface area (TPSA) is 146 Å². The fourth-order valence-electron chi connectivity index (χ4n) is 4.54. The summed E-state index contributed by atoms with van der Waals surface area (Å²) in [6.45, 7) is -0.457. The summed E-state index contributed by atoms with van der Waals surface area (Å²) in [5, 5.41) is 30.8. The van der Waals surface area contributed by atoms with Crippen molar-refractivity contribution in [2.45, 2.75) is 12.2 Å². The largest absolute Gasteiger partial charge is 0.504 e. The van der Waals surface area contributed by atoms with Crippen molar-refractivity contribution < 1.29 is 48.2 Å². The molecule has 0 saturated carbocycles. The Morgan fingerprint density at radius 2 is 1.49 bits per heavy atom. The molecule has 0 fully saturated rings. The second kappa shape index (κ2) is 10.2. The Labute approximate surface area is 222 Å². The number of aromatic hydroxyl groups is 2. The lowest BCUT2D eigenvalue weighted by molar-refractivity contribution is -0.0135. The molecule has 1 aromatic heterocycles. The van der Waals surface area contributed by atoms with Gasteiger partial charge >= 0.3 is 0 Å². The van der Waals surface area contributed by atoms with Gasteiger partial charge in [-0.05, 0) is 35.9 Å². The van der Waals surface area contributed by atoms with Gasteiger partial charge in [-0.1, -0.05) is 6.07 Å². The van der Waals surface area contributed by atoms with E-state index in [9.17, 15) is 20.1 Å². The van der Waals surface area contributed by atoms with Gasteiger partial charge in [0.15, 0.2) is 46.5 Å². The zero-order valence-electron chi connectivity index (χ0n) is 21.5. The Kier molecular flexibility index (Phi) is 6.75. The summed E-state index contributed by atoms with van der Waals surface area (Å²) in [7, 11) is 5.63. The minimum absolute atomic E-state index is 0.0820. The molecule has 0 bridgehead atoms. The van der Waals surface area contributed by atoms with Crippen molar-refractivity contribution in [1.29, 1.82) is 0 Å². The van der Waals surface area contributed by atoms with E-state index in [0.29, 0.717) is 11.1 Å². The number of aliphatic hydroxyl groups is 1. The van der Waals surface area contributed by atoms with Crippen molar-refractivity contribution in [3.63, 3.8) is 0 Å². The smallest absolute Gasteiger partial charge is 0.209 e. The fourth-order valence-corrected chi connectivity index (χ4v) is 4.54. The third-order valence-electron chi connectivity index (χ3n) is 6.51. The van der Waals surface area contributed by atoms with Gasteiger partial charge in [-0.2, -0.15) is 0 Å². The molecule has 39 heavy (non-hydrogen) atoms. The van der Waals surface area contributed by atoms with E-state index in [4.69, 9.17) is 32.8 Å². The number of rotatable bonds is 7. The molecule has 4 aromatic rings. The van der Waals surface area contributed by atoms with Crippen molar-refractivity contribution in [2.75, 3.05) is 35.0 Å². The molecule has 0 spiro atoms. The van der Waals surface area contributed by atoms with Gasteiger partial charge in [-0.15, -0.1) is 0 Å². The molecular formula is C28H26O11. The quantitative estimate of drug-likeness (QED) is 0.316. The van der Waals surface area contributed by atoms with Gasteiger partial charge in [-0.3, -0.25) is 4.79 Å². The van der Waals surface area contributed by atoms with E-state index < -0.39 is 24.2 Å². The lowest BCUT2D eigenvalue weighted by Gasteiger charge is -2.34. The summed E-state index contributed by atoms with van der Waals surface area (Å²) < 4.78 is 39.4. The van der Waals surface area contributed by atoms with E-state index in [1.165, 1.54) is 52.9 Å². The average Bonchev–Trinajstić information content (AvgIpc) is 2.96. The molecule has 1 aliphatic heterocycles. The standard InChI is InChI=1S/C28H26O11/c1-33-18-6-5-13(7-17(18)30)16-12-37-26-15(23(16)31)10-21(36-4)27-28(26)38-22(11-29)25(39-27)14-8-19(34-2)24(32)20(9-14)35-3/h5-10,12,22,25,29-30,32H,11H2,1-4H3/t22-,25-/m1/s1. The summed E-state index contributed by atoms with van der Waals surface area (Å²) >= 11 is 0. The molecule has 2 heterocycles. The molecule has 2 atom stereocenters. The highest BCUT2D eigenvalue weighted by Gasteiger charge is 2.38. The van der Waals surface area contributed by atoms with Crippen LogP contribution in [0.25, 0.3) is 22.1 Å². The monoisotopic (exact) mass is 538 g/mol. The van der Waals surface area contributed by atoms with E-state index in [0.717, 1.165) is 0 Å². The molecule has 0 unspecified atom stereocenters. The number of phenols is 2. The van der Waals surface area contributed by atoms with Crippen LogP contribution in [-0.2, 0) is 0 Å². The highest BCUT2D eigenvalue weighted by Crippen LogP contribution is 2.51. The van der Waals surface area contributed by atoms with Crippen LogP contribution >= 0.6 is 0 Å². The first-order valence-electron chi connectivity index (χ1n) is 11.8. The Morgan fingerprint density at radius 1 is 0.821 bits per heavy atom. The molecule has 204 valence electrons. The summed E-state index contributed by atoms with van der Waals surface area (Å²) in [6.07, 6.45) is -0.543. The molecular weight excluding hydrogens is 512 g/mol. The van der Waals surface area contributed by atoms with Gasteiger partial charge in [0.05, 0.1) is 46.0 Å². The maximum atomic E-state index is 13.5. The highest BCUT2D eigenvalue weighted by atomic mass is 16.6. The van der Waals surface area contributed by atoms with Crippen molar-refractivity contribution in [1.82, 2.24) is 0 Å². The molecule has 11 nitrogen and oxygen atoms in total. The van der Waals surface area contributed by atoms with E-state index >= 15 is 0 Å². The predicted molar refractivity (Wildman–Crippen MR) is 139 cm³/mol. The second-order valence-electron chi connectivity index (χ2n) is 8.63. The van der Waals surface area contributed by atoms with Crippen LogP contribution in [0.15, 0.2) is 51.9 Å². The van der Waals surface area contributed by atoms with Gasteiger partial charge in [0.2, 0.25) is 22.7 Å². The number of phenolic OH excluding ortho intramolecular Hbond substituents is 2. The number of fused-ring (bicyclic) bond motifs is 3. The number of hydrogen-bond acceptors (Lipinski definition) is 11. The molecule has 5 rings (SSSR count). The van der Waals surface area contributed by atoms with Crippen LogP contribution in [0.2, 0.25) is 0 Å². The summed E-state index contributed by atoms with van der Waals surface area (Å²) in [5.74, 6) is 0.661. The summed E-state index contributed by atoms with van der Waals surface area (Å²) in [5.41, 5.74) is 0.793. The van der Waals surface area contributed by atoms with Crippen LogP contribution < -0.4 is 33.8 Å². The van der Waals surface area contributed by atoms with E-state index in [1.54, 1.807) is 18.2 Å². The molecule has 0 amide bonds. The highest BCUT2D eigenvalue weighted by molar-refractivity contribution is 5.91. The first-order valence-corrected chi connectivity index (χ1v) is 11.8. The summed E-state index contributed by atoms with van der Waals surface area (Å²) in [6, 6.07) is 9.13. The lowest BCUT2D eigenvalue weighted by Crippen LogP contribution is -2.36. The number of methoxy groups -OCH3 is 4. The van der Waals surface area contributed by atoms with Crippen molar-refractivity contribution >= 4 is 11.0 Å². The van der Waals surface area contributed by atoms with E-state index in [1.807, 2.05) is 0 Å². The molecule has 0 saturated heterocycles. The summed E-state index contributed by atoms with van der Waals surface area (Å²) in [4.78, 5) is 13.5. The maximum absolute atomic E-state index is 13.5. The first-order chi connectivity index (χ1) is 18.8. The zero-order chi connectivity index (χ0) is 27.8. The Hall–Kier alpha value is -4.77. The minimum Gasteiger partial charge on any atom is -0.504 e. The van der Waals surface area contributed by atoms with E-state index in [2.05, 4.69) is 0 Å².